The Kier molecular flexibility index (Phi) is 3.23. The Balaban J connectivity index is 1.80. The van der Waals surface area contributed by atoms with Gasteiger partial charge in [-0.3, -0.25) is 9.20 Å². The number of nitrogens with zero attached hydrogens (tertiary/aromatic N) is 3. The number of hydrogen-bond acceptors (Lipinski definition) is 2. The summed E-state index contributed by atoms with van der Waals surface area (Å²) in [6, 6.07) is 11.2. The van der Waals surface area contributed by atoms with Crippen LogP contribution in [0.3, 0.4) is 0 Å². The van der Waals surface area contributed by atoms with Crippen molar-refractivity contribution in [3.05, 3.63) is 64.3 Å². The van der Waals surface area contributed by atoms with Gasteiger partial charge in [-0.05, 0) is 39.7 Å². The molecule has 4 rings (SSSR count). The molecule has 0 fully saturated rings. The zero-order valence-corrected chi connectivity index (χ0v) is 13.9. The molecule has 3 aromatic rings. The average molecular weight is 374 g/mol. The van der Waals surface area contributed by atoms with Gasteiger partial charge in [0.05, 0.1) is 0 Å². The maximum Gasteiger partial charge on any atom is 0.281 e. The minimum atomic E-state index is -0.636. The topological polar surface area (TPSA) is 37.6 Å². The second-order valence-electron chi connectivity index (χ2n) is 5.70. The molecule has 1 atom stereocenters. The normalized spacial score (nSPS) is 16.8. The molecule has 0 saturated carbocycles. The van der Waals surface area contributed by atoms with Crippen molar-refractivity contribution >= 4 is 33.2 Å². The van der Waals surface area contributed by atoms with Crippen molar-refractivity contribution < 1.29 is 9.18 Å². The third-order valence-electron chi connectivity index (χ3n) is 4.19. The smallest absolute Gasteiger partial charge is 0.281 e. The molecule has 0 saturated heterocycles. The van der Waals surface area contributed by atoms with Gasteiger partial charge in [-0.2, -0.15) is 4.39 Å². The van der Waals surface area contributed by atoms with E-state index >= 15 is 0 Å². The molecular formula is C17H13BrFN3O. The van der Waals surface area contributed by atoms with Crippen LogP contribution < -0.4 is 4.90 Å². The van der Waals surface area contributed by atoms with E-state index in [0.29, 0.717) is 12.2 Å². The molecule has 1 aliphatic heterocycles. The molecule has 1 aliphatic rings. The molecule has 1 aromatic carbocycles. The third kappa shape index (κ3) is 2.16. The Bertz CT molecular complexity index is 937. The van der Waals surface area contributed by atoms with Gasteiger partial charge in [0.15, 0.2) is 5.69 Å². The molecule has 0 N–H and O–H groups in total. The summed E-state index contributed by atoms with van der Waals surface area (Å²) in [6.07, 6.45) is 1.56. The predicted molar refractivity (Wildman–Crippen MR) is 89.4 cm³/mol. The Morgan fingerprint density at radius 1 is 1.30 bits per heavy atom. The highest BCUT2D eigenvalue weighted by Crippen LogP contribution is 2.36. The summed E-state index contributed by atoms with van der Waals surface area (Å²) in [4.78, 5) is 18.6. The number of carbonyl (C=O) groups is 1. The van der Waals surface area contributed by atoms with Crippen LogP contribution in [0.15, 0.2) is 47.1 Å². The Labute approximate surface area is 140 Å². The fraction of sp³-hybridized carbons (Fsp3) is 0.176. The number of aromatic nitrogens is 2. The molecule has 1 unspecified atom stereocenters. The molecule has 3 heterocycles. The van der Waals surface area contributed by atoms with E-state index in [9.17, 15) is 9.18 Å². The molecule has 0 radical (unpaired) electrons. The van der Waals surface area contributed by atoms with E-state index in [2.05, 4.69) is 27.8 Å². The first-order valence-corrected chi connectivity index (χ1v) is 8.09. The number of carbonyl (C=O) groups excluding carboxylic acids is 1. The summed E-state index contributed by atoms with van der Waals surface area (Å²) in [6.45, 7) is 2.60. The first-order valence-electron chi connectivity index (χ1n) is 7.30. The molecule has 0 spiro atoms. The van der Waals surface area contributed by atoms with E-state index in [1.807, 2.05) is 24.3 Å². The zero-order chi connectivity index (χ0) is 16.1. The van der Waals surface area contributed by atoms with Crippen molar-refractivity contribution in [3.8, 4) is 0 Å². The highest BCUT2D eigenvalue weighted by molar-refractivity contribution is 9.10. The molecule has 23 heavy (non-hydrogen) atoms. The van der Waals surface area contributed by atoms with E-state index in [0.717, 1.165) is 15.7 Å². The Morgan fingerprint density at radius 2 is 2.09 bits per heavy atom. The van der Waals surface area contributed by atoms with Crippen LogP contribution in [-0.4, -0.2) is 21.8 Å². The lowest BCUT2D eigenvalue weighted by Crippen LogP contribution is -2.30. The largest absolute Gasteiger partial charge is 0.306 e. The molecule has 0 aliphatic carbocycles. The van der Waals surface area contributed by atoms with E-state index in [4.69, 9.17) is 0 Å². The summed E-state index contributed by atoms with van der Waals surface area (Å²) in [7, 11) is 0. The number of benzene rings is 1. The van der Waals surface area contributed by atoms with E-state index < -0.39 is 11.9 Å². The first kappa shape index (κ1) is 14.4. The Morgan fingerprint density at radius 3 is 2.91 bits per heavy atom. The third-order valence-corrected chi connectivity index (χ3v) is 4.66. The second-order valence-corrected chi connectivity index (χ2v) is 6.62. The van der Waals surface area contributed by atoms with Crippen molar-refractivity contribution in [3.63, 3.8) is 0 Å². The lowest BCUT2D eigenvalue weighted by atomic mass is 10.0. The van der Waals surface area contributed by atoms with Gasteiger partial charge >= 0.3 is 0 Å². The van der Waals surface area contributed by atoms with Crippen LogP contribution in [0.5, 0.6) is 0 Å². The van der Waals surface area contributed by atoms with Gasteiger partial charge in [-0.1, -0.05) is 25.1 Å². The van der Waals surface area contributed by atoms with Crippen LogP contribution in [0, 0.1) is 5.95 Å². The van der Waals surface area contributed by atoms with Gasteiger partial charge in [0.2, 0.25) is 5.95 Å². The van der Waals surface area contributed by atoms with Crippen molar-refractivity contribution in [1.82, 2.24) is 9.38 Å². The van der Waals surface area contributed by atoms with Crippen LogP contribution in [0.4, 0.5) is 10.1 Å². The first-order chi connectivity index (χ1) is 11.1. The van der Waals surface area contributed by atoms with Crippen LogP contribution in [0.25, 0.3) is 5.65 Å². The molecule has 2 aromatic heterocycles. The summed E-state index contributed by atoms with van der Waals surface area (Å²) < 4.78 is 16.6. The predicted octanol–water partition coefficient (Wildman–Crippen LogP) is 4.00. The number of halogens is 2. The van der Waals surface area contributed by atoms with Gasteiger partial charge in [-0.15, -0.1) is 0 Å². The number of fused-ring (bicyclic) bond motifs is 2. The van der Waals surface area contributed by atoms with Crippen LogP contribution in [0.2, 0.25) is 0 Å². The summed E-state index contributed by atoms with van der Waals surface area (Å²) in [5.41, 5.74) is 2.21. The lowest BCUT2D eigenvalue weighted by molar-refractivity contribution is 0.0979. The summed E-state index contributed by atoms with van der Waals surface area (Å²) in [5, 5.41) is 0. The van der Waals surface area contributed by atoms with Gasteiger partial charge in [0.1, 0.15) is 5.65 Å². The molecular weight excluding hydrogens is 361 g/mol. The number of para-hydroxylation sites is 1. The van der Waals surface area contributed by atoms with Gasteiger partial charge in [-0.25, -0.2) is 4.98 Å². The SMILES string of the molecule is CC1CN(C(=O)c2nc3ccc(Br)cn3c2F)c2ccccc21. The molecule has 4 nitrogen and oxygen atoms in total. The second kappa shape index (κ2) is 5.16. The number of amides is 1. The highest BCUT2D eigenvalue weighted by Gasteiger charge is 2.33. The minimum absolute atomic E-state index is 0.146. The number of anilines is 1. The fourth-order valence-electron chi connectivity index (χ4n) is 3.07. The number of imidazole rings is 1. The summed E-state index contributed by atoms with van der Waals surface area (Å²) >= 11 is 3.30. The van der Waals surface area contributed by atoms with Crippen LogP contribution in [-0.2, 0) is 0 Å². The lowest BCUT2D eigenvalue weighted by Gasteiger charge is -2.16. The monoisotopic (exact) mass is 373 g/mol. The Hall–Kier alpha value is -2.21. The minimum Gasteiger partial charge on any atom is -0.306 e. The van der Waals surface area contributed by atoms with Crippen LogP contribution >= 0.6 is 15.9 Å². The van der Waals surface area contributed by atoms with E-state index in [1.165, 1.54) is 4.40 Å². The standard InChI is InChI=1S/C17H13BrFN3O/c1-10-8-21(13-5-3-2-4-12(10)13)17(23)15-16(19)22-9-11(18)6-7-14(22)20-15/h2-7,9-10H,8H2,1H3. The van der Waals surface area contributed by atoms with Gasteiger partial charge in [0.25, 0.3) is 5.91 Å². The number of hydrogen-bond donors (Lipinski definition) is 0. The van der Waals surface area contributed by atoms with Crippen molar-refractivity contribution in [2.75, 3.05) is 11.4 Å². The van der Waals surface area contributed by atoms with Crippen molar-refractivity contribution in [1.29, 1.82) is 0 Å². The van der Waals surface area contributed by atoms with Gasteiger partial charge < -0.3 is 4.90 Å². The van der Waals surface area contributed by atoms with Crippen molar-refractivity contribution in [2.24, 2.45) is 0 Å². The van der Waals surface area contributed by atoms with E-state index in [1.54, 1.807) is 23.2 Å². The molecule has 6 heteroatoms. The highest BCUT2D eigenvalue weighted by atomic mass is 79.9. The molecule has 0 bridgehead atoms. The maximum atomic E-state index is 14.6. The molecule has 1 amide bonds. The summed E-state index contributed by atoms with van der Waals surface area (Å²) in [5.74, 6) is -0.813. The maximum absolute atomic E-state index is 14.6. The number of pyridine rings is 1. The average Bonchev–Trinajstić information content (AvgIpc) is 3.06. The fourth-order valence-corrected chi connectivity index (χ4v) is 3.40. The van der Waals surface area contributed by atoms with Gasteiger partial charge in [0, 0.05) is 28.8 Å². The number of rotatable bonds is 1. The quantitative estimate of drug-likeness (QED) is 0.646. The van der Waals surface area contributed by atoms with E-state index in [-0.39, 0.29) is 11.6 Å². The van der Waals surface area contributed by atoms with Crippen LogP contribution in [0.1, 0.15) is 28.9 Å². The molecule has 116 valence electrons. The van der Waals surface area contributed by atoms with Crippen molar-refractivity contribution in [2.45, 2.75) is 12.8 Å². The zero-order valence-electron chi connectivity index (χ0n) is 12.3.